The second-order valence-electron chi connectivity index (χ2n) is 5.57. The van der Waals surface area contributed by atoms with Crippen molar-refractivity contribution in [2.75, 3.05) is 19.6 Å². The van der Waals surface area contributed by atoms with Crippen LogP contribution in [-0.4, -0.2) is 36.5 Å². The fourth-order valence-electron chi connectivity index (χ4n) is 2.03. The summed E-state index contributed by atoms with van der Waals surface area (Å²) in [5.41, 5.74) is 0.245. The number of hydrogen-bond donors (Lipinski definition) is 1. The molecule has 1 unspecified atom stereocenters. The van der Waals surface area contributed by atoms with E-state index in [2.05, 4.69) is 33.0 Å². The molecular weight excluding hydrogens is 200 g/mol. The van der Waals surface area contributed by atoms with Crippen molar-refractivity contribution in [3.8, 4) is 0 Å². The summed E-state index contributed by atoms with van der Waals surface area (Å²) in [7, 11) is 0. The highest BCUT2D eigenvalue weighted by Gasteiger charge is 2.33. The zero-order chi connectivity index (χ0) is 12.2. The number of carbonyl (C=O) groups excluding carboxylic acids is 1. The van der Waals surface area contributed by atoms with Crippen molar-refractivity contribution in [1.29, 1.82) is 0 Å². The molecule has 1 aliphatic rings. The van der Waals surface area contributed by atoms with Gasteiger partial charge in [0, 0.05) is 13.1 Å². The normalized spacial score (nSPS) is 21.9. The van der Waals surface area contributed by atoms with Crippen molar-refractivity contribution in [1.82, 2.24) is 10.2 Å². The van der Waals surface area contributed by atoms with E-state index in [4.69, 9.17) is 0 Å². The number of nitrogens with one attached hydrogen (secondary N) is 1. The highest BCUT2D eigenvalue weighted by molar-refractivity contribution is 5.84. The van der Waals surface area contributed by atoms with E-state index in [1.165, 1.54) is 0 Å². The Morgan fingerprint density at radius 2 is 2.12 bits per heavy atom. The van der Waals surface area contributed by atoms with E-state index in [-0.39, 0.29) is 11.5 Å². The van der Waals surface area contributed by atoms with Crippen LogP contribution in [0.5, 0.6) is 0 Å². The van der Waals surface area contributed by atoms with Crippen LogP contribution in [0.15, 0.2) is 0 Å². The first-order chi connectivity index (χ1) is 7.50. The highest BCUT2D eigenvalue weighted by Crippen LogP contribution is 2.24. The molecule has 1 saturated heterocycles. The summed E-state index contributed by atoms with van der Waals surface area (Å²) in [6.07, 6.45) is 3.17. The third kappa shape index (κ3) is 3.48. The average molecular weight is 226 g/mol. The van der Waals surface area contributed by atoms with Crippen LogP contribution < -0.4 is 5.32 Å². The van der Waals surface area contributed by atoms with Crippen LogP contribution in [0.25, 0.3) is 0 Å². The SMILES string of the molecule is CCCNC1CCN(CC(C)(C)CC)C1=O. The minimum atomic E-state index is 0.0765. The number of likely N-dealkylation sites (tertiary alicyclic amines) is 1. The van der Waals surface area contributed by atoms with Crippen molar-refractivity contribution < 1.29 is 4.79 Å². The van der Waals surface area contributed by atoms with Gasteiger partial charge in [0.15, 0.2) is 0 Å². The smallest absolute Gasteiger partial charge is 0.239 e. The van der Waals surface area contributed by atoms with Gasteiger partial charge in [-0.05, 0) is 31.2 Å². The van der Waals surface area contributed by atoms with Gasteiger partial charge in [0.1, 0.15) is 0 Å². The summed E-state index contributed by atoms with van der Waals surface area (Å²) < 4.78 is 0. The molecule has 1 N–H and O–H groups in total. The summed E-state index contributed by atoms with van der Waals surface area (Å²) in [5, 5.41) is 3.32. The number of carbonyl (C=O) groups is 1. The molecule has 0 saturated carbocycles. The third-order valence-electron chi connectivity index (χ3n) is 3.51. The van der Waals surface area contributed by atoms with Crippen molar-refractivity contribution in [3.05, 3.63) is 0 Å². The zero-order valence-electron chi connectivity index (χ0n) is 11.2. The average Bonchev–Trinajstić information content (AvgIpc) is 2.57. The van der Waals surface area contributed by atoms with Gasteiger partial charge >= 0.3 is 0 Å². The first-order valence-corrected chi connectivity index (χ1v) is 6.52. The topological polar surface area (TPSA) is 32.3 Å². The Bertz CT molecular complexity index is 238. The van der Waals surface area contributed by atoms with Gasteiger partial charge in [-0.3, -0.25) is 4.79 Å². The molecule has 1 aliphatic heterocycles. The molecule has 0 aromatic carbocycles. The molecule has 3 heteroatoms. The Kier molecular flexibility index (Phi) is 4.78. The molecule has 0 aliphatic carbocycles. The van der Waals surface area contributed by atoms with Gasteiger partial charge in [-0.1, -0.05) is 27.7 Å². The van der Waals surface area contributed by atoms with Gasteiger partial charge in [0.05, 0.1) is 6.04 Å². The Morgan fingerprint density at radius 3 is 2.69 bits per heavy atom. The summed E-state index contributed by atoms with van der Waals surface area (Å²) >= 11 is 0. The molecule has 0 spiro atoms. The lowest BCUT2D eigenvalue weighted by Gasteiger charge is -2.29. The van der Waals surface area contributed by atoms with E-state index < -0.39 is 0 Å². The van der Waals surface area contributed by atoms with Gasteiger partial charge < -0.3 is 10.2 Å². The van der Waals surface area contributed by atoms with Crippen molar-refractivity contribution in [2.45, 2.75) is 53.0 Å². The largest absolute Gasteiger partial charge is 0.341 e. The Hall–Kier alpha value is -0.570. The fourth-order valence-corrected chi connectivity index (χ4v) is 2.03. The minimum Gasteiger partial charge on any atom is -0.341 e. The maximum absolute atomic E-state index is 12.1. The van der Waals surface area contributed by atoms with Gasteiger partial charge in [-0.2, -0.15) is 0 Å². The van der Waals surface area contributed by atoms with Crippen molar-refractivity contribution >= 4 is 5.91 Å². The van der Waals surface area contributed by atoms with Gasteiger partial charge in [0.25, 0.3) is 0 Å². The number of rotatable bonds is 6. The van der Waals surface area contributed by atoms with Crippen LogP contribution in [0.4, 0.5) is 0 Å². The summed E-state index contributed by atoms with van der Waals surface area (Å²) in [6, 6.07) is 0.0765. The van der Waals surface area contributed by atoms with Crippen LogP contribution in [0, 0.1) is 5.41 Å². The number of nitrogens with zero attached hydrogens (tertiary/aromatic N) is 1. The molecule has 1 rings (SSSR count). The Morgan fingerprint density at radius 1 is 1.44 bits per heavy atom. The van der Waals surface area contributed by atoms with Gasteiger partial charge in [-0.25, -0.2) is 0 Å². The molecule has 0 radical (unpaired) electrons. The van der Waals surface area contributed by atoms with E-state index in [9.17, 15) is 4.79 Å². The molecule has 0 aromatic heterocycles. The summed E-state index contributed by atoms with van der Waals surface area (Å²) in [4.78, 5) is 14.1. The van der Waals surface area contributed by atoms with Crippen LogP contribution >= 0.6 is 0 Å². The predicted molar refractivity (Wildman–Crippen MR) is 67.4 cm³/mol. The van der Waals surface area contributed by atoms with Gasteiger partial charge in [-0.15, -0.1) is 0 Å². The van der Waals surface area contributed by atoms with Crippen molar-refractivity contribution in [3.63, 3.8) is 0 Å². The maximum atomic E-state index is 12.1. The minimum absolute atomic E-state index is 0.0765. The molecule has 0 aromatic rings. The molecule has 0 bridgehead atoms. The predicted octanol–water partition coefficient (Wildman–Crippen LogP) is 2.02. The molecule has 1 amide bonds. The highest BCUT2D eigenvalue weighted by atomic mass is 16.2. The molecule has 1 atom stereocenters. The lowest BCUT2D eigenvalue weighted by Crippen LogP contribution is -2.41. The number of hydrogen-bond acceptors (Lipinski definition) is 2. The van der Waals surface area contributed by atoms with E-state index in [0.29, 0.717) is 5.91 Å². The fraction of sp³-hybridized carbons (Fsp3) is 0.923. The van der Waals surface area contributed by atoms with Crippen LogP contribution in [0.2, 0.25) is 0 Å². The Labute approximate surface area is 99.6 Å². The van der Waals surface area contributed by atoms with E-state index in [1.807, 2.05) is 4.90 Å². The maximum Gasteiger partial charge on any atom is 0.239 e. The second kappa shape index (κ2) is 5.67. The summed E-state index contributed by atoms with van der Waals surface area (Å²) in [6.45, 7) is 11.5. The van der Waals surface area contributed by atoms with E-state index in [1.54, 1.807) is 0 Å². The first-order valence-electron chi connectivity index (χ1n) is 6.52. The lowest BCUT2D eigenvalue weighted by molar-refractivity contribution is -0.130. The zero-order valence-corrected chi connectivity index (χ0v) is 11.2. The quantitative estimate of drug-likeness (QED) is 0.751. The van der Waals surface area contributed by atoms with Crippen LogP contribution in [0.1, 0.15) is 47.0 Å². The lowest BCUT2D eigenvalue weighted by atomic mass is 9.90. The third-order valence-corrected chi connectivity index (χ3v) is 3.51. The second-order valence-corrected chi connectivity index (χ2v) is 5.57. The van der Waals surface area contributed by atoms with Crippen molar-refractivity contribution in [2.24, 2.45) is 5.41 Å². The standard InChI is InChI=1S/C13H26N2O/c1-5-8-14-11-7-9-15(12(11)16)10-13(3,4)6-2/h11,14H,5-10H2,1-4H3. The molecular formula is C13H26N2O. The number of amides is 1. The molecule has 94 valence electrons. The molecule has 16 heavy (non-hydrogen) atoms. The van der Waals surface area contributed by atoms with E-state index >= 15 is 0 Å². The first kappa shape index (κ1) is 13.5. The Balaban J connectivity index is 2.44. The van der Waals surface area contributed by atoms with E-state index in [0.717, 1.165) is 38.9 Å². The molecule has 1 heterocycles. The summed E-state index contributed by atoms with van der Waals surface area (Å²) in [5.74, 6) is 0.301. The monoisotopic (exact) mass is 226 g/mol. The molecule has 1 fully saturated rings. The molecule has 3 nitrogen and oxygen atoms in total. The van der Waals surface area contributed by atoms with Crippen LogP contribution in [0.3, 0.4) is 0 Å². The van der Waals surface area contributed by atoms with Crippen LogP contribution in [-0.2, 0) is 4.79 Å². The van der Waals surface area contributed by atoms with Gasteiger partial charge in [0.2, 0.25) is 5.91 Å².